The lowest BCUT2D eigenvalue weighted by Crippen LogP contribution is -2.01. The number of aryl methyl sites for hydroxylation is 1. The van der Waals surface area contributed by atoms with Crippen LogP contribution in [0.15, 0.2) is 48.9 Å². The van der Waals surface area contributed by atoms with Gasteiger partial charge in [0.1, 0.15) is 0 Å². The molecule has 96 valence electrons. The molecule has 0 fully saturated rings. The van der Waals surface area contributed by atoms with Crippen LogP contribution in [0.5, 0.6) is 0 Å². The lowest BCUT2D eigenvalue weighted by Gasteiger charge is -1.98. The third-order valence-corrected chi connectivity index (χ3v) is 3.16. The quantitative estimate of drug-likeness (QED) is 0.735. The van der Waals surface area contributed by atoms with Gasteiger partial charge in [-0.15, -0.1) is 0 Å². The van der Waals surface area contributed by atoms with Gasteiger partial charge in [0.15, 0.2) is 0 Å². The third-order valence-electron chi connectivity index (χ3n) is 2.90. The maximum absolute atomic E-state index is 5.88. The number of halogens is 1. The first kappa shape index (κ1) is 12.0. The fourth-order valence-electron chi connectivity index (χ4n) is 1.95. The van der Waals surface area contributed by atoms with Crippen LogP contribution in [0.1, 0.15) is 5.69 Å². The zero-order valence-electron chi connectivity index (χ0n) is 10.5. The van der Waals surface area contributed by atoms with Crippen LogP contribution >= 0.6 is 11.6 Å². The van der Waals surface area contributed by atoms with E-state index in [0.29, 0.717) is 6.54 Å². The third kappa shape index (κ3) is 2.69. The van der Waals surface area contributed by atoms with Gasteiger partial charge >= 0.3 is 0 Å². The van der Waals surface area contributed by atoms with Gasteiger partial charge in [0.2, 0.25) is 0 Å². The largest absolute Gasteiger partial charge is 0.275 e. The number of hydrogen-bond acceptors (Lipinski definition) is 2. The van der Waals surface area contributed by atoms with E-state index in [-0.39, 0.29) is 0 Å². The molecule has 0 saturated heterocycles. The summed E-state index contributed by atoms with van der Waals surface area (Å²) in [6.45, 7) is 0.675. The van der Waals surface area contributed by atoms with Crippen molar-refractivity contribution in [1.82, 2.24) is 19.6 Å². The SMILES string of the molecule is Cn1ccc(Cn2cc(-c3ccc(Cl)cc3)cn2)n1. The zero-order valence-corrected chi connectivity index (χ0v) is 11.2. The Morgan fingerprint density at radius 1 is 1.11 bits per heavy atom. The average Bonchev–Trinajstić information content (AvgIpc) is 3.00. The lowest BCUT2D eigenvalue weighted by atomic mass is 10.1. The standard InChI is InChI=1S/C14H13ClN4/c1-18-7-6-14(17-18)10-19-9-12(8-16-19)11-2-4-13(15)5-3-11/h2-9H,10H2,1H3. The molecule has 4 nitrogen and oxygen atoms in total. The molecule has 2 heterocycles. The summed E-state index contributed by atoms with van der Waals surface area (Å²) in [6, 6.07) is 9.73. The van der Waals surface area contributed by atoms with Crippen LogP contribution in [0.25, 0.3) is 11.1 Å². The van der Waals surface area contributed by atoms with E-state index in [0.717, 1.165) is 21.8 Å². The van der Waals surface area contributed by atoms with Crippen LogP contribution in [0.2, 0.25) is 5.02 Å². The van der Waals surface area contributed by atoms with Gasteiger partial charge in [-0.1, -0.05) is 23.7 Å². The monoisotopic (exact) mass is 272 g/mol. The average molecular weight is 273 g/mol. The second kappa shape index (κ2) is 4.90. The maximum Gasteiger partial charge on any atom is 0.0850 e. The Labute approximate surface area is 116 Å². The number of hydrogen-bond donors (Lipinski definition) is 0. The molecular weight excluding hydrogens is 260 g/mol. The minimum atomic E-state index is 0.675. The second-order valence-electron chi connectivity index (χ2n) is 4.41. The molecule has 19 heavy (non-hydrogen) atoms. The first-order valence-corrected chi connectivity index (χ1v) is 6.35. The van der Waals surface area contributed by atoms with E-state index in [4.69, 9.17) is 11.6 Å². The van der Waals surface area contributed by atoms with Crippen molar-refractivity contribution in [3.63, 3.8) is 0 Å². The van der Waals surface area contributed by atoms with Gasteiger partial charge in [-0.3, -0.25) is 9.36 Å². The van der Waals surface area contributed by atoms with Crippen molar-refractivity contribution in [2.45, 2.75) is 6.54 Å². The number of rotatable bonds is 3. The summed E-state index contributed by atoms with van der Waals surface area (Å²) in [7, 11) is 1.91. The van der Waals surface area contributed by atoms with E-state index in [9.17, 15) is 0 Å². The minimum Gasteiger partial charge on any atom is -0.275 e. The highest BCUT2D eigenvalue weighted by Gasteiger charge is 2.04. The van der Waals surface area contributed by atoms with Crippen LogP contribution in [0, 0.1) is 0 Å². The molecule has 0 aliphatic heterocycles. The van der Waals surface area contributed by atoms with E-state index in [1.165, 1.54) is 0 Å². The van der Waals surface area contributed by atoms with E-state index in [1.54, 1.807) is 4.68 Å². The van der Waals surface area contributed by atoms with E-state index in [2.05, 4.69) is 10.2 Å². The fraction of sp³-hybridized carbons (Fsp3) is 0.143. The summed E-state index contributed by atoms with van der Waals surface area (Å²) in [6.07, 6.45) is 5.79. The van der Waals surface area contributed by atoms with Gasteiger partial charge in [0.05, 0.1) is 18.4 Å². The van der Waals surface area contributed by atoms with Gasteiger partial charge in [-0.2, -0.15) is 10.2 Å². The fourth-order valence-corrected chi connectivity index (χ4v) is 2.08. The van der Waals surface area contributed by atoms with E-state index >= 15 is 0 Å². The van der Waals surface area contributed by atoms with Crippen molar-refractivity contribution in [1.29, 1.82) is 0 Å². The first-order chi connectivity index (χ1) is 9.20. The highest BCUT2D eigenvalue weighted by molar-refractivity contribution is 6.30. The molecule has 0 saturated carbocycles. The summed E-state index contributed by atoms with van der Waals surface area (Å²) < 4.78 is 3.67. The Hall–Kier alpha value is -2.07. The molecular formula is C14H13ClN4. The topological polar surface area (TPSA) is 35.6 Å². The zero-order chi connectivity index (χ0) is 13.2. The van der Waals surface area contributed by atoms with Crippen molar-refractivity contribution in [3.05, 3.63) is 59.6 Å². The van der Waals surface area contributed by atoms with Crippen molar-refractivity contribution in [2.24, 2.45) is 7.05 Å². The molecule has 0 N–H and O–H groups in total. The molecule has 0 aliphatic carbocycles. The molecule has 0 unspecified atom stereocenters. The maximum atomic E-state index is 5.88. The molecule has 2 aromatic heterocycles. The number of benzene rings is 1. The lowest BCUT2D eigenvalue weighted by molar-refractivity contribution is 0.650. The number of nitrogens with zero attached hydrogens (tertiary/aromatic N) is 4. The van der Waals surface area contributed by atoms with Crippen molar-refractivity contribution in [3.8, 4) is 11.1 Å². The highest BCUT2D eigenvalue weighted by atomic mass is 35.5. The van der Waals surface area contributed by atoms with Crippen LogP contribution < -0.4 is 0 Å². The van der Waals surface area contributed by atoms with Gasteiger partial charge in [-0.25, -0.2) is 0 Å². The molecule has 0 atom stereocenters. The van der Waals surface area contributed by atoms with Crippen molar-refractivity contribution >= 4 is 11.6 Å². The van der Waals surface area contributed by atoms with Crippen LogP contribution in [0.4, 0.5) is 0 Å². The Balaban J connectivity index is 1.81. The molecule has 3 rings (SSSR count). The molecule has 1 aromatic carbocycles. The predicted octanol–water partition coefficient (Wildman–Crippen LogP) is 2.99. The van der Waals surface area contributed by atoms with Gasteiger partial charge < -0.3 is 0 Å². The first-order valence-electron chi connectivity index (χ1n) is 5.97. The normalized spacial score (nSPS) is 10.8. The summed E-state index contributed by atoms with van der Waals surface area (Å²) in [5, 5.41) is 9.43. The van der Waals surface area contributed by atoms with Crippen molar-refractivity contribution in [2.75, 3.05) is 0 Å². The van der Waals surface area contributed by atoms with E-state index < -0.39 is 0 Å². The summed E-state index contributed by atoms with van der Waals surface area (Å²) in [5.74, 6) is 0. The van der Waals surface area contributed by atoms with Crippen LogP contribution in [0.3, 0.4) is 0 Å². The highest BCUT2D eigenvalue weighted by Crippen LogP contribution is 2.20. The molecule has 0 radical (unpaired) electrons. The van der Waals surface area contributed by atoms with Gasteiger partial charge in [0.25, 0.3) is 0 Å². The van der Waals surface area contributed by atoms with Gasteiger partial charge in [-0.05, 0) is 23.8 Å². The van der Waals surface area contributed by atoms with E-state index in [1.807, 2.05) is 60.7 Å². The van der Waals surface area contributed by atoms with Crippen molar-refractivity contribution < 1.29 is 0 Å². The Morgan fingerprint density at radius 2 is 1.89 bits per heavy atom. The summed E-state index contributed by atoms with van der Waals surface area (Å²) in [5.41, 5.74) is 3.18. The molecule has 5 heteroatoms. The summed E-state index contributed by atoms with van der Waals surface area (Å²) >= 11 is 5.88. The molecule has 0 aliphatic rings. The molecule has 0 amide bonds. The minimum absolute atomic E-state index is 0.675. The second-order valence-corrected chi connectivity index (χ2v) is 4.85. The molecule has 0 bridgehead atoms. The smallest absolute Gasteiger partial charge is 0.0850 e. The Morgan fingerprint density at radius 3 is 2.58 bits per heavy atom. The Kier molecular flexibility index (Phi) is 3.09. The number of aromatic nitrogens is 4. The summed E-state index contributed by atoms with van der Waals surface area (Å²) in [4.78, 5) is 0. The molecule has 0 spiro atoms. The molecule has 3 aromatic rings. The van der Waals surface area contributed by atoms with Gasteiger partial charge in [0, 0.05) is 30.0 Å². The van der Waals surface area contributed by atoms with Crippen LogP contribution in [-0.4, -0.2) is 19.6 Å². The Bertz CT molecular complexity index is 682. The predicted molar refractivity (Wildman–Crippen MR) is 75.0 cm³/mol. The van der Waals surface area contributed by atoms with Crippen LogP contribution in [-0.2, 0) is 13.6 Å².